The summed E-state index contributed by atoms with van der Waals surface area (Å²) in [7, 11) is 4.07. The van der Waals surface area contributed by atoms with Crippen LogP contribution in [0.2, 0.25) is 0 Å². The van der Waals surface area contributed by atoms with E-state index in [0.29, 0.717) is 6.42 Å². The molecular formula is C11H20O2S2. The van der Waals surface area contributed by atoms with Gasteiger partial charge in [-0.05, 0) is 25.7 Å². The maximum Gasteiger partial charge on any atom is 0.303 e. The predicted octanol–water partition coefficient (Wildman–Crippen LogP) is 3.96. The molecule has 1 aliphatic heterocycles. The average Bonchev–Trinajstić information content (AvgIpc) is 2.24. The SMILES string of the molecule is O=C(O)CCCCCCC1CCCSS1. The lowest BCUT2D eigenvalue weighted by Gasteiger charge is -2.19. The molecule has 1 aliphatic rings. The van der Waals surface area contributed by atoms with Crippen molar-refractivity contribution in [3.05, 3.63) is 0 Å². The molecule has 0 spiro atoms. The van der Waals surface area contributed by atoms with Gasteiger partial charge < -0.3 is 5.11 Å². The second-order valence-corrected chi connectivity index (χ2v) is 6.82. The molecule has 1 heterocycles. The Morgan fingerprint density at radius 3 is 2.73 bits per heavy atom. The van der Waals surface area contributed by atoms with Gasteiger partial charge >= 0.3 is 5.97 Å². The van der Waals surface area contributed by atoms with Crippen LogP contribution >= 0.6 is 21.6 Å². The van der Waals surface area contributed by atoms with Crippen LogP contribution < -0.4 is 0 Å². The summed E-state index contributed by atoms with van der Waals surface area (Å²) in [4.78, 5) is 10.3. The minimum Gasteiger partial charge on any atom is -0.481 e. The van der Waals surface area contributed by atoms with Crippen molar-refractivity contribution < 1.29 is 9.90 Å². The fourth-order valence-electron chi connectivity index (χ4n) is 1.76. The van der Waals surface area contributed by atoms with E-state index in [9.17, 15) is 4.79 Å². The van der Waals surface area contributed by atoms with E-state index in [1.165, 1.54) is 37.9 Å². The van der Waals surface area contributed by atoms with Crippen LogP contribution in [0.15, 0.2) is 0 Å². The lowest BCUT2D eigenvalue weighted by Crippen LogP contribution is -2.06. The summed E-state index contributed by atoms with van der Waals surface area (Å²) < 4.78 is 0. The van der Waals surface area contributed by atoms with Gasteiger partial charge in [-0.1, -0.05) is 40.9 Å². The number of carboxylic acid groups (broad SMARTS) is 1. The number of aliphatic carboxylic acids is 1. The third kappa shape index (κ3) is 7.12. The van der Waals surface area contributed by atoms with Crippen molar-refractivity contribution in [1.82, 2.24) is 0 Å². The maximum atomic E-state index is 10.3. The van der Waals surface area contributed by atoms with Crippen LogP contribution in [0.25, 0.3) is 0 Å². The lowest BCUT2D eigenvalue weighted by molar-refractivity contribution is -0.137. The maximum absolute atomic E-state index is 10.3. The highest BCUT2D eigenvalue weighted by atomic mass is 33.1. The molecule has 0 saturated carbocycles. The fraction of sp³-hybridized carbons (Fsp3) is 0.909. The van der Waals surface area contributed by atoms with E-state index in [1.807, 2.05) is 10.8 Å². The molecule has 1 saturated heterocycles. The smallest absolute Gasteiger partial charge is 0.303 e. The van der Waals surface area contributed by atoms with Gasteiger partial charge in [-0.2, -0.15) is 0 Å². The summed E-state index contributed by atoms with van der Waals surface area (Å²) in [6.45, 7) is 0. The van der Waals surface area contributed by atoms with Crippen LogP contribution in [0.1, 0.15) is 51.4 Å². The Balaban J connectivity index is 1.85. The monoisotopic (exact) mass is 248 g/mol. The Hall–Kier alpha value is 0.170. The number of unbranched alkanes of at least 4 members (excludes halogenated alkanes) is 3. The number of rotatable bonds is 7. The van der Waals surface area contributed by atoms with Crippen molar-refractivity contribution in [2.45, 2.75) is 56.6 Å². The minimum absolute atomic E-state index is 0.341. The Bertz CT molecular complexity index is 179. The molecule has 1 fully saturated rings. The molecule has 0 amide bonds. The van der Waals surface area contributed by atoms with Gasteiger partial charge in [0.2, 0.25) is 0 Å². The molecule has 0 aromatic heterocycles. The average molecular weight is 248 g/mol. The predicted molar refractivity (Wildman–Crippen MR) is 68.4 cm³/mol. The number of carboxylic acids is 1. The molecule has 1 atom stereocenters. The topological polar surface area (TPSA) is 37.3 Å². The molecule has 0 aliphatic carbocycles. The molecule has 0 radical (unpaired) electrons. The number of hydrogen-bond donors (Lipinski definition) is 1. The van der Waals surface area contributed by atoms with Crippen LogP contribution in [0.5, 0.6) is 0 Å². The Morgan fingerprint density at radius 1 is 1.27 bits per heavy atom. The van der Waals surface area contributed by atoms with E-state index in [0.717, 1.165) is 18.1 Å². The summed E-state index contributed by atoms with van der Waals surface area (Å²) in [5.74, 6) is 0.661. The number of hydrogen-bond acceptors (Lipinski definition) is 3. The fourth-order valence-corrected chi connectivity index (χ4v) is 4.65. The summed E-state index contributed by atoms with van der Waals surface area (Å²) in [5.41, 5.74) is 0. The van der Waals surface area contributed by atoms with Gasteiger partial charge in [0.25, 0.3) is 0 Å². The molecule has 1 rings (SSSR count). The Labute approximate surface area is 100.0 Å². The lowest BCUT2D eigenvalue weighted by atomic mass is 10.1. The normalized spacial score (nSPS) is 21.5. The summed E-state index contributed by atoms with van der Waals surface area (Å²) in [6, 6.07) is 0. The quantitative estimate of drug-likeness (QED) is 0.546. The van der Waals surface area contributed by atoms with Crippen molar-refractivity contribution >= 4 is 27.6 Å². The van der Waals surface area contributed by atoms with Gasteiger partial charge in [0.05, 0.1) is 0 Å². The summed E-state index contributed by atoms with van der Waals surface area (Å²) in [5, 5.41) is 9.33. The first-order valence-corrected chi connectivity index (χ1v) is 8.17. The van der Waals surface area contributed by atoms with Crippen LogP contribution in [-0.4, -0.2) is 22.1 Å². The van der Waals surface area contributed by atoms with Crippen LogP contribution in [0.4, 0.5) is 0 Å². The van der Waals surface area contributed by atoms with E-state index in [2.05, 4.69) is 10.8 Å². The van der Waals surface area contributed by atoms with Crippen molar-refractivity contribution in [2.75, 3.05) is 5.75 Å². The van der Waals surface area contributed by atoms with E-state index < -0.39 is 5.97 Å². The van der Waals surface area contributed by atoms with Gasteiger partial charge in [0.15, 0.2) is 0 Å². The van der Waals surface area contributed by atoms with E-state index in [-0.39, 0.29) is 0 Å². The molecule has 15 heavy (non-hydrogen) atoms. The summed E-state index contributed by atoms with van der Waals surface area (Å²) >= 11 is 0. The molecule has 1 N–H and O–H groups in total. The minimum atomic E-state index is -0.658. The highest BCUT2D eigenvalue weighted by Crippen LogP contribution is 2.38. The Kier molecular flexibility index (Phi) is 7.36. The Morgan fingerprint density at radius 2 is 2.07 bits per heavy atom. The van der Waals surface area contributed by atoms with Crippen molar-refractivity contribution in [2.24, 2.45) is 0 Å². The van der Waals surface area contributed by atoms with Crippen molar-refractivity contribution in [3.63, 3.8) is 0 Å². The van der Waals surface area contributed by atoms with Gasteiger partial charge in [0.1, 0.15) is 0 Å². The third-order valence-electron chi connectivity index (χ3n) is 2.62. The molecule has 88 valence electrons. The van der Waals surface area contributed by atoms with Crippen molar-refractivity contribution in [3.8, 4) is 0 Å². The standard InChI is InChI=1S/C11H20O2S2/c12-11(13)8-4-2-1-3-6-10-7-5-9-14-15-10/h10H,1-9H2,(H,12,13). The zero-order valence-electron chi connectivity index (χ0n) is 9.11. The second-order valence-electron chi connectivity index (χ2n) is 4.03. The molecule has 1 unspecified atom stereocenters. The van der Waals surface area contributed by atoms with E-state index in [1.54, 1.807) is 0 Å². The van der Waals surface area contributed by atoms with E-state index >= 15 is 0 Å². The van der Waals surface area contributed by atoms with Crippen LogP contribution in [0, 0.1) is 0 Å². The summed E-state index contributed by atoms with van der Waals surface area (Å²) in [6.07, 6.45) is 8.83. The first-order chi connectivity index (χ1) is 7.29. The zero-order valence-corrected chi connectivity index (χ0v) is 10.7. The van der Waals surface area contributed by atoms with Gasteiger partial charge in [-0.25, -0.2) is 0 Å². The second kappa shape index (κ2) is 8.34. The van der Waals surface area contributed by atoms with E-state index in [4.69, 9.17) is 5.11 Å². The number of carbonyl (C=O) groups is 1. The van der Waals surface area contributed by atoms with Gasteiger partial charge in [-0.3, -0.25) is 4.79 Å². The van der Waals surface area contributed by atoms with Crippen molar-refractivity contribution in [1.29, 1.82) is 0 Å². The van der Waals surface area contributed by atoms with Crippen LogP contribution in [0.3, 0.4) is 0 Å². The largest absolute Gasteiger partial charge is 0.481 e. The molecule has 2 nitrogen and oxygen atoms in total. The van der Waals surface area contributed by atoms with Gasteiger partial charge in [-0.15, -0.1) is 0 Å². The molecule has 0 aromatic rings. The zero-order chi connectivity index (χ0) is 10.9. The third-order valence-corrected chi connectivity index (χ3v) is 5.68. The molecular weight excluding hydrogens is 228 g/mol. The first kappa shape index (κ1) is 13.2. The van der Waals surface area contributed by atoms with Crippen LogP contribution in [-0.2, 0) is 4.79 Å². The highest BCUT2D eigenvalue weighted by Gasteiger charge is 2.13. The molecule has 0 bridgehead atoms. The first-order valence-electron chi connectivity index (χ1n) is 5.79. The molecule has 0 aromatic carbocycles. The highest BCUT2D eigenvalue weighted by molar-refractivity contribution is 8.77. The van der Waals surface area contributed by atoms with Gasteiger partial charge in [0, 0.05) is 17.4 Å². The molecule has 4 heteroatoms.